The van der Waals surface area contributed by atoms with Crippen molar-refractivity contribution in [3.63, 3.8) is 0 Å². The zero-order valence-corrected chi connectivity index (χ0v) is 12.3. The van der Waals surface area contributed by atoms with Crippen LogP contribution in [-0.2, 0) is 4.74 Å². The maximum Gasteiger partial charge on any atom is 0.232 e. The Morgan fingerprint density at radius 1 is 1.19 bits per heavy atom. The van der Waals surface area contributed by atoms with Crippen molar-refractivity contribution in [1.82, 2.24) is 14.8 Å². The Kier molecular flexibility index (Phi) is 4.38. The number of anilines is 1. The van der Waals surface area contributed by atoms with E-state index in [1.54, 1.807) is 0 Å². The molecule has 1 saturated heterocycles. The molecule has 3 rings (SSSR count). The van der Waals surface area contributed by atoms with Gasteiger partial charge in [-0.25, -0.2) is 0 Å². The van der Waals surface area contributed by atoms with Crippen LogP contribution in [0, 0.1) is 11.3 Å². The molecular weight excluding hydrogens is 286 g/mol. The summed E-state index contributed by atoms with van der Waals surface area (Å²) in [5.74, 6) is 1.17. The smallest absolute Gasteiger partial charge is 0.232 e. The number of rotatable bonds is 4. The van der Waals surface area contributed by atoms with E-state index in [2.05, 4.69) is 21.2 Å². The zero-order chi connectivity index (χ0) is 14.5. The monoisotopic (exact) mass is 301 g/mol. The fourth-order valence-electron chi connectivity index (χ4n) is 2.22. The van der Waals surface area contributed by atoms with Crippen LogP contribution in [0.3, 0.4) is 0 Å². The second kappa shape index (κ2) is 6.61. The lowest BCUT2D eigenvalue weighted by Gasteiger charge is -2.27. The molecule has 2 heterocycles. The van der Waals surface area contributed by atoms with Gasteiger partial charge in [-0.05, 0) is 12.1 Å². The summed E-state index contributed by atoms with van der Waals surface area (Å²) < 4.78 is 7.40. The third-order valence-corrected chi connectivity index (χ3v) is 3.99. The lowest BCUT2D eigenvalue weighted by atomic mass is 10.3. The van der Waals surface area contributed by atoms with Gasteiger partial charge < -0.3 is 9.64 Å². The predicted octanol–water partition coefficient (Wildman–Crippen LogP) is 1.72. The summed E-state index contributed by atoms with van der Waals surface area (Å²) in [6.45, 7) is 2.99. The van der Waals surface area contributed by atoms with Crippen LogP contribution in [0.4, 0.5) is 5.95 Å². The third-order valence-electron chi connectivity index (χ3n) is 3.19. The van der Waals surface area contributed by atoms with Crippen molar-refractivity contribution < 1.29 is 4.74 Å². The van der Waals surface area contributed by atoms with Gasteiger partial charge in [-0.15, -0.1) is 10.2 Å². The van der Waals surface area contributed by atoms with Crippen molar-refractivity contribution in [2.75, 3.05) is 37.0 Å². The number of hydrogen-bond donors (Lipinski definition) is 0. The topological polar surface area (TPSA) is 67.0 Å². The Morgan fingerprint density at radius 2 is 1.95 bits per heavy atom. The van der Waals surface area contributed by atoms with E-state index >= 15 is 0 Å². The van der Waals surface area contributed by atoms with E-state index in [0.29, 0.717) is 19.0 Å². The highest BCUT2D eigenvalue weighted by Gasteiger charge is 2.21. The van der Waals surface area contributed by atoms with Crippen LogP contribution in [0.5, 0.6) is 0 Å². The number of hydrogen-bond acceptors (Lipinski definition) is 6. The van der Waals surface area contributed by atoms with E-state index < -0.39 is 0 Å². The van der Waals surface area contributed by atoms with E-state index in [1.807, 2.05) is 34.9 Å². The number of nitriles is 1. The number of aromatic nitrogens is 3. The highest BCUT2D eigenvalue weighted by Crippen LogP contribution is 2.26. The molecule has 0 N–H and O–H groups in total. The van der Waals surface area contributed by atoms with Crippen LogP contribution in [0.1, 0.15) is 0 Å². The largest absolute Gasteiger partial charge is 0.378 e. The molecule has 1 aromatic heterocycles. The van der Waals surface area contributed by atoms with Crippen LogP contribution in [0.15, 0.2) is 35.5 Å². The number of benzene rings is 1. The van der Waals surface area contributed by atoms with Crippen LogP contribution in [0.2, 0.25) is 0 Å². The minimum Gasteiger partial charge on any atom is -0.378 e. The molecule has 2 aromatic rings. The highest BCUT2D eigenvalue weighted by molar-refractivity contribution is 7.99. The van der Waals surface area contributed by atoms with Gasteiger partial charge in [0, 0.05) is 13.1 Å². The van der Waals surface area contributed by atoms with Crippen molar-refractivity contribution in [1.29, 1.82) is 5.26 Å². The molecule has 0 aliphatic carbocycles. The molecule has 0 spiro atoms. The van der Waals surface area contributed by atoms with E-state index in [1.165, 1.54) is 11.8 Å². The van der Waals surface area contributed by atoms with Gasteiger partial charge in [-0.1, -0.05) is 30.0 Å². The predicted molar refractivity (Wildman–Crippen MR) is 80.7 cm³/mol. The van der Waals surface area contributed by atoms with Crippen molar-refractivity contribution in [3.8, 4) is 11.8 Å². The summed E-state index contributed by atoms with van der Waals surface area (Å²) in [5.41, 5.74) is 1.00. The van der Waals surface area contributed by atoms with Crippen LogP contribution in [-0.4, -0.2) is 46.8 Å². The molecule has 7 heteroatoms. The van der Waals surface area contributed by atoms with E-state index in [0.717, 1.165) is 29.9 Å². The minimum absolute atomic E-state index is 0.355. The summed E-state index contributed by atoms with van der Waals surface area (Å²) >= 11 is 1.40. The first-order valence-electron chi connectivity index (χ1n) is 6.73. The molecule has 21 heavy (non-hydrogen) atoms. The van der Waals surface area contributed by atoms with Gasteiger partial charge in [0.25, 0.3) is 0 Å². The number of para-hydroxylation sites is 1. The highest BCUT2D eigenvalue weighted by atomic mass is 32.2. The van der Waals surface area contributed by atoms with Gasteiger partial charge in [-0.3, -0.25) is 4.57 Å². The Balaban J connectivity index is 1.99. The fraction of sp³-hybridized carbons (Fsp3) is 0.357. The molecule has 0 amide bonds. The molecule has 0 unspecified atom stereocenters. The molecule has 0 atom stereocenters. The number of thioether (sulfide) groups is 1. The normalized spacial score (nSPS) is 14.9. The van der Waals surface area contributed by atoms with Gasteiger partial charge in [-0.2, -0.15) is 5.26 Å². The van der Waals surface area contributed by atoms with Gasteiger partial charge >= 0.3 is 0 Å². The molecule has 0 saturated carbocycles. The maximum atomic E-state index is 8.79. The Hall–Kier alpha value is -2.04. The van der Waals surface area contributed by atoms with E-state index in [4.69, 9.17) is 10.00 Å². The molecule has 1 aliphatic heterocycles. The Morgan fingerprint density at radius 3 is 2.67 bits per heavy atom. The van der Waals surface area contributed by atoms with Gasteiger partial charge in [0.2, 0.25) is 5.95 Å². The molecule has 0 radical (unpaired) electrons. The van der Waals surface area contributed by atoms with Crippen molar-refractivity contribution in [2.24, 2.45) is 0 Å². The van der Waals surface area contributed by atoms with Gasteiger partial charge in [0.15, 0.2) is 5.16 Å². The first-order valence-corrected chi connectivity index (χ1v) is 7.72. The summed E-state index contributed by atoms with van der Waals surface area (Å²) in [4.78, 5) is 2.17. The summed E-state index contributed by atoms with van der Waals surface area (Å²) in [6, 6.07) is 12.1. The minimum atomic E-state index is 0.355. The average molecular weight is 301 g/mol. The van der Waals surface area contributed by atoms with Crippen molar-refractivity contribution in [2.45, 2.75) is 5.16 Å². The van der Waals surface area contributed by atoms with Crippen LogP contribution < -0.4 is 4.90 Å². The first kappa shape index (κ1) is 13.9. The second-order valence-corrected chi connectivity index (χ2v) is 5.44. The molecule has 1 aromatic carbocycles. The molecule has 1 fully saturated rings. The Bertz CT molecular complexity index is 631. The average Bonchev–Trinajstić information content (AvgIpc) is 2.98. The number of ether oxygens (including phenoxy) is 1. The van der Waals surface area contributed by atoms with E-state index in [-0.39, 0.29) is 0 Å². The van der Waals surface area contributed by atoms with Gasteiger partial charge in [0.05, 0.1) is 30.7 Å². The fourth-order valence-corrected chi connectivity index (χ4v) is 2.83. The molecular formula is C14H15N5OS. The molecule has 0 bridgehead atoms. The standard InChI is InChI=1S/C14H15N5OS/c15-6-11-21-14-17-16-13(18-7-9-20-10-8-18)19(14)12-4-2-1-3-5-12/h1-5H,7-11H2. The third kappa shape index (κ3) is 3.01. The maximum absolute atomic E-state index is 8.79. The lowest BCUT2D eigenvalue weighted by molar-refractivity contribution is 0.122. The molecule has 108 valence electrons. The lowest BCUT2D eigenvalue weighted by Crippen LogP contribution is -2.37. The summed E-state index contributed by atoms with van der Waals surface area (Å²) in [6.07, 6.45) is 0. The summed E-state index contributed by atoms with van der Waals surface area (Å²) in [7, 11) is 0. The molecule has 6 nitrogen and oxygen atoms in total. The first-order chi connectivity index (χ1) is 10.4. The molecule has 1 aliphatic rings. The zero-order valence-electron chi connectivity index (χ0n) is 11.5. The van der Waals surface area contributed by atoms with Crippen LogP contribution in [0.25, 0.3) is 5.69 Å². The number of nitrogens with zero attached hydrogens (tertiary/aromatic N) is 5. The quantitative estimate of drug-likeness (QED) is 0.801. The van der Waals surface area contributed by atoms with Gasteiger partial charge in [0.1, 0.15) is 0 Å². The summed E-state index contributed by atoms with van der Waals surface area (Å²) in [5, 5.41) is 18.1. The SMILES string of the molecule is N#CCSc1nnc(N2CCOCC2)n1-c1ccccc1. The number of morpholine rings is 1. The van der Waals surface area contributed by atoms with E-state index in [9.17, 15) is 0 Å². The second-order valence-electron chi connectivity index (χ2n) is 4.50. The van der Waals surface area contributed by atoms with Crippen molar-refractivity contribution in [3.05, 3.63) is 30.3 Å². The van der Waals surface area contributed by atoms with Crippen LogP contribution >= 0.6 is 11.8 Å². The van der Waals surface area contributed by atoms with Crippen molar-refractivity contribution >= 4 is 17.7 Å². The Labute approximate surface area is 127 Å².